The summed E-state index contributed by atoms with van der Waals surface area (Å²) in [6, 6.07) is 8.24. The lowest BCUT2D eigenvalue weighted by atomic mass is 10.0. The van der Waals surface area contributed by atoms with Gasteiger partial charge in [0, 0.05) is 65.0 Å². The topological polar surface area (TPSA) is 72.0 Å². The van der Waals surface area contributed by atoms with Crippen molar-refractivity contribution in [2.75, 3.05) is 60.4 Å². The number of hydrogen-bond acceptors (Lipinski definition) is 4. The number of likely N-dealkylation sites (N-methyl/N-ethyl adjacent to an activating group) is 1. The smallest absolute Gasteiger partial charge is 0.251 e. The van der Waals surface area contributed by atoms with E-state index in [-0.39, 0.29) is 5.91 Å². The Balaban J connectivity index is 1.81. The second kappa shape index (κ2) is 11.8. The molecule has 0 saturated carbocycles. The SMILES string of the molecule is CN=C(NCCc1cccc(C(=O)NC)c1)NCC(C(C)C)N1CCN(C)CC1. The first-order valence-electron chi connectivity index (χ1n) is 10.6. The predicted octanol–water partition coefficient (Wildman–Crippen LogP) is 1.03. The molecule has 162 valence electrons. The standard InChI is InChI=1S/C22H38N6O/c1-17(2)20(28-13-11-27(5)12-14-28)16-26-22(24-4)25-10-9-18-7-6-8-19(15-18)21(29)23-3/h6-8,15,17,20H,9-14,16H2,1-5H3,(H,23,29)(H2,24,25,26). The lowest BCUT2D eigenvalue weighted by molar-refractivity contribution is 0.0900. The normalized spacial score (nSPS) is 17.2. The van der Waals surface area contributed by atoms with E-state index in [0.29, 0.717) is 17.5 Å². The summed E-state index contributed by atoms with van der Waals surface area (Å²) in [7, 11) is 5.65. The maximum Gasteiger partial charge on any atom is 0.251 e. The summed E-state index contributed by atoms with van der Waals surface area (Å²) in [4.78, 5) is 21.1. The molecule has 3 N–H and O–H groups in total. The lowest BCUT2D eigenvalue weighted by Crippen LogP contribution is -2.55. The molecule has 1 saturated heterocycles. The van der Waals surface area contributed by atoms with Gasteiger partial charge in [0.2, 0.25) is 0 Å². The van der Waals surface area contributed by atoms with Gasteiger partial charge < -0.3 is 20.9 Å². The quantitative estimate of drug-likeness (QED) is 0.447. The van der Waals surface area contributed by atoms with Crippen LogP contribution in [0, 0.1) is 5.92 Å². The number of guanidine groups is 1. The highest BCUT2D eigenvalue weighted by Gasteiger charge is 2.25. The van der Waals surface area contributed by atoms with Gasteiger partial charge in [0.05, 0.1) is 0 Å². The molecule has 0 spiro atoms. The number of rotatable bonds is 8. The molecule has 7 heteroatoms. The molecule has 0 radical (unpaired) electrons. The Kier molecular flexibility index (Phi) is 9.41. The van der Waals surface area contributed by atoms with Gasteiger partial charge in [-0.05, 0) is 37.1 Å². The van der Waals surface area contributed by atoms with E-state index in [1.807, 2.05) is 31.3 Å². The summed E-state index contributed by atoms with van der Waals surface area (Å²) in [5.41, 5.74) is 1.83. The third-order valence-corrected chi connectivity index (χ3v) is 5.60. The van der Waals surface area contributed by atoms with Crippen LogP contribution in [0.2, 0.25) is 0 Å². The molecule has 1 unspecified atom stereocenters. The maximum absolute atomic E-state index is 11.8. The van der Waals surface area contributed by atoms with Crippen molar-refractivity contribution >= 4 is 11.9 Å². The monoisotopic (exact) mass is 402 g/mol. The minimum atomic E-state index is -0.0547. The van der Waals surface area contributed by atoms with Gasteiger partial charge in [0.1, 0.15) is 0 Å². The zero-order valence-electron chi connectivity index (χ0n) is 18.7. The number of aliphatic imine (C=N–C) groups is 1. The van der Waals surface area contributed by atoms with Crippen molar-refractivity contribution in [3.8, 4) is 0 Å². The van der Waals surface area contributed by atoms with E-state index >= 15 is 0 Å². The molecule has 7 nitrogen and oxygen atoms in total. The van der Waals surface area contributed by atoms with Gasteiger partial charge in [-0.15, -0.1) is 0 Å². The first-order valence-corrected chi connectivity index (χ1v) is 10.6. The zero-order valence-corrected chi connectivity index (χ0v) is 18.7. The Labute approximate surface area is 175 Å². The van der Waals surface area contributed by atoms with Crippen LogP contribution in [0.3, 0.4) is 0 Å². The molecule has 1 aromatic rings. The highest BCUT2D eigenvalue weighted by molar-refractivity contribution is 5.94. The number of hydrogen-bond donors (Lipinski definition) is 3. The fourth-order valence-corrected chi connectivity index (χ4v) is 3.70. The number of nitrogens with one attached hydrogen (secondary N) is 3. The summed E-state index contributed by atoms with van der Waals surface area (Å²) in [6.07, 6.45) is 0.831. The van der Waals surface area contributed by atoms with Gasteiger partial charge in [0.25, 0.3) is 5.91 Å². The van der Waals surface area contributed by atoms with Crippen LogP contribution in [0.4, 0.5) is 0 Å². The molecule has 1 aliphatic heterocycles. The van der Waals surface area contributed by atoms with Crippen LogP contribution in [0.15, 0.2) is 29.3 Å². The van der Waals surface area contributed by atoms with Crippen LogP contribution in [0.5, 0.6) is 0 Å². The van der Waals surface area contributed by atoms with Crippen molar-refractivity contribution < 1.29 is 4.79 Å². The average Bonchev–Trinajstić information content (AvgIpc) is 2.73. The van der Waals surface area contributed by atoms with E-state index in [4.69, 9.17) is 0 Å². The second-order valence-corrected chi connectivity index (χ2v) is 8.06. The Hall–Kier alpha value is -2.12. The van der Waals surface area contributed by atoms with Gasteiger partial charge in [-0.1, -0.05) is 26.0 Å². The van der Waals surface area contributed by atoms with Crippen molar-refractivity contribution in [1.29, 1.82) is 0 Å². The van der Waals surface area contributed by atoms with Crippen molar-refractivity contribution in [2.45, 2.75) is 26.3 Å². The Morgan fingerprint density at radius 1 is 1.17 bits per heavy atom. The van der Waals surface area contributed by atoms with E-state index in [1.54, 1.807) is 7.05 Å². The average molecular weight is 403 g/mol. The summed E-state index contributed by atoms with van der Waals surface area (Å²) in [6.45, 7) is 10.7. The number of nitrogens with zero attached hydrogens (tertiary/aromatic N) is 3. The summed E-state index contributed by atoms with van der Waals surface area (Å²) in [5.74, 6) is 1.35. The van der Waals surface area contributed by atoms with Crippen LogP contribution in [-0.4, -0.2) is 88.1 Å². The van der Waals surface area contributed by atoms with Crippen molar-refractivity contribution in [1.82, 2.24) is 25.8 Å². The van der Waals surface area contributed by atoms with E-state index in [0.717, 1.165) is 57.2 Å². The fraction of sp³-hybridized carbons (Fsp3) is 0.636. The first kappa shape index (κ1) is 23.2. The van der Waals surface area contributed by atoms with Crippen LogP contribution >= 0.6 is 0 Å². The van der Waals surface area contributed by atoms with Gasteiger partial charge in [-0.2, -0.15) is 0 Å². The van der Waals surface area contributed by atoms with Crippen molar-refractivity contribution in [3.63, 3.8) is 0 Å². The molecule has 1 fully saturated rings. The van der Waals surface area contributed by atoms with Crippen LogP contribution in [0.1, 0.15) is 29.8 Å². The summed E-state index contributed by atoms with van der Waals surface area (Å²) >= 11 is 0. The molecule has 1 aliphatic rings. The molecule has 2 rings (SSSR count). The van der Waals surface area contributed by atoms with Gasteiger partial charge in [-0.3, -0.25) is 14.7 Å². The lowest BCUT2D eigenvalue weighted by Gasteiger charge is -2.40. The molecule has 1 amide bonds. The van der Waals surface area contributed by atoms with Crippen molar-refractivity contribution in [2.24, 2.45) is 10.9 Å². The minimum Gasteiger partial charge on any atom is -0.356 e. The molecule has 1 aromatic carbocycles. The predicted molar refractivity (Wildman–Crippen MR) is 121 cm³/mol. The number of benzene rings is 1. The van der Waals surface area contributed by atoms with Crippen molar-refractivity contribution in [3.05, 3.63) is 35.4 Å². The third kappa shape index (κ3) is 7.33. The van der Waals surface area contributed by atoms with Gasteiger partial charge >= 0.3 is 0 Å². The summed E-state index contributed by atoms with van der Waals surface area (Å²) in [5, 5.41) is 9.57. The van der Waals surface area contributed by atoms with E-state index in [1.165, 1.54) is 0 Å². The zero-order chi connectivity index (χ0) is 21.2. The van der Waals surface area contributed by atoms with E-state index in [9.17, 15) is 4.79 Å². The molecule has 0 aromatic heterocycles. The molecule has 0 aliphatic carbocycles. The number of carbonyl (C=O) groups is 1. The number of piperazine rings is 1. The minimum absolute atomic E-state index is 0.0547. The molecule has 29 heavy (non-hydrogen) atoms. The molecular weight excluding hydrogens is 364 g/mol. The Bertz CT molecular complexity index is 667. The van der Waals surface area contributed by atoms with Crippen LogP contribution in [-0.2, 0) is 6.42 Å². The van der Waals surface area contributed by atoms with E-state index in [2.05, 4.69) is 51.6 Å². The molecular formula is C22H38N6O. The molecule has 0 bridgehead atoms. The summed E-state index contributed by atoms with van der Waals surface area (Å²) < 4.78 is 0. The second-order valence-electron chi connectivity index (χ2n) is 8.06. The third-order valence-electron chi connectivity index (χ3n) is 5.60. The van der Waals surface area contributed by atoms with E-state index < -0.39 is 0 Å². The van der Waals surface area contributed by atoms with Gasteiger partial charge in [-0.25, -0.2) is 0 Å². The largest absolute Gasteiger partial charge is 0.356 e. The highest BCUT2D eigenvalue weighted by Crippen LogP contribution is 2.13. The fourth-order valence-electron chi connectivity index (χ4n) is 3.70. The Morgan fingerprint density at radius 2 is 1.90 bits per heavy atom. The Morgan fingerprint density at radius 3 is 2.52 bits per heavy atom. The molecule has 1 heterocycles. The molecule has 1 atom stereocenters. The number of amides is 1. The first-order chi connectivity index (χ1) is 13.9. The van der Waals surface area contributed by atoms with Crippen LogP contribution < -0.4 is 16.0 Å². The van der Waals surface area contributed by atoms with Crippen LogP contribution in [0.25, 0.3) is 0 Å². The number of carbonyl (C=O) groups excluding carboxylic acids is 1. The van der Waals surface area contributed by atoms with Gasteiger partial charge in [0.15, 0.2) is 5.96 Å². The maximum atomic E-state index is 11.8. The highest BCUT2D eigenvalue weighted by atomic mass is 16.1.